The average molecular weight is 516 g/mol. The number of ether oxygens (including phenoxy) is 2. The number of rotatable bonds is 7. The SMILES string of the molecule is COC(=O)NNCC1OC(n2cc(Cc3ccc(C4CC4)cc3)c3c(Cl)cccc32)C(O)C(O)C1O. The molecule has 2 aromatic carbocycles. The van der Waals surface area contributed by atoms with E-state index >= 15 is 0 Å². The molecule has 1 aliphatic heterocycles. The lowest BCUT2D eigenvalue weighted by Gasteiger charge is -2.41. The topological polar surface area (TPSA) is 125 Å². The number of carbonyl (C=O) groups is 1. The molecule has 2 fully saturated rings. The number of carbonyl (C=O) groups excluding carboxylic acids is 1. The standard InChI is InChI=1S/C26H30ClN3O6/c1-35-26(34)29-28-12-20-22(31)23(32)24(33)25(36-20)30-13-17(21-18(27)3-2-4-19(21)30)11-14-5-7-15(8-6-14)16-9-10-16/h2-8,13,16,20,22-25,28,31-33H,9-12H2,1H3,(H,29,34). The quantitative estimate of drug-likeness (QED) is 0.306. The van der Waals surface area contributed by atoms with Gasteiger partial charge in [0.05, 0.1) is 17.6 Å². The van der Waals surface area contributed by atoms with Crippen molar-refractivity contribution in [2.75, 3.05) is 13.7 Å². The molecular formula is C26H30ClN3O6. The Balaban J connectivity index is 1.43. The Morgan fingerprint density at radius 3 is 2.56 bits per heavy atom. The molecule has 0 spiro atoms. The van der Waals surface area contributed by atoms with Gasteiger partial charge in [-0.05, 0) is 54.0 Å². The van der Waals surface area contributed by atoms with Crippen LogP contribution >= 0.6 is 11.6 Å². The molecule has 3 aromatic rings. The van der Waals surface area contributed by atoms with Crippen LogP contribution in [0.15, 0.2) is 48.7 Å². The van der Waals surface area contributed by atoms with Gasteiger partial charge in [0.2, 0.25) is 0 Å². The van der Waals surface area contributed by atoms with E-state index in [0.29, 0.717) is 17.4 Å². The monoisotopic (exact) mass is 515 g/mol. The lowest BCUT2D eigenvalue weighted by Crippen LogP contribution is -2.59. The summed E-state index contributed by atoms with van der Waals surface area (Å²) in [5.74, 6) is 0.687. The summed E-state index contributed by atoms with van der Waals surface area (Å²) in [6, 6.07) is 14.1. The molecule has 1 aromatic heterocycles. The molecule has 5 N–H and O–H groups in total. The third-order valence-electron chi connectivity index (χ3n) is 6.95. The molecular weight excluding hydrogens is 486 g/mol. The highest BCUT2D eigenvalue weighted by Gasteiger charge is 2.44. The Morgan fingerprint density at radius 2 is 1.86 bits per heavy atom. The molecule has 5 rings (SSSR count). The number of nitrogens with zero attached hydrogens (tertiary/aromatic N) is 1. The summed E-state index contributed by atoms with van der Waals surface area (Å²) in [5.41, 5.74) is 9.09. The number of amides is 1. The van der Waals surface area contributed by atoms with Crippen molar-refractivity contribution in [2.45, 2.75) is 55.8 Å². The summed E-state index contributed by atoms with van der Waals surface area (Å²) in [6.45, 7) is -0.0310. The van der Waals surface area contributed by atoms with Gasteiger partial charge in [0.15, 0.2) is 6.23 Å². The van der Waals surface area contributed by atoms with Gasteiger partial charge in [-0.15, -0.1) is 0 Å². The molecule has 9 nitrogen and oxygen atoms in total. The molecule has 1 saturated heterocycles. The Labute approximate surface area is 213 Å². The van der Waals surface area contributed by atoms with Gasteiger partial charge < -0.3 is 29.4 Å². The number of nitrogens with one attached hydrogen (secondary N) is 2. The van der Waals surface area contributed by atoms with Crippen LogP contribution in [0.25, 0.3) is 10.9 Å². The summed E-state index contributed by atoms with van der Waals surface area (Å²) >= 11 is 6.62. The fraction of sp³-hybridized carbons (Fsp3) is 0.423. The van der Waals surface area contributed by atoms with Crippen molar-refractivity contribution >= 4 is 28.6 Å². The van der Waals surface area contributed by atoms with Crippen LogP contribution in [0.4, 0.5) is 4.79 Å². The number of hydrazine groups is 1. The van der Waals surface area contributed by atoms with Crippen molar-refractivity contribution in [3.05, 3.63) is 70.4 Å². The Bertz CT molecular complexity index is 1230. The van der Waals surface area contributed by atoms with E-state index in [1.54, 1.807) is 4.57 Å². The molecule has 0 radical (unpaired) electrons. The van der Waals surface area contributed by atoms with Crippen molar-refractivity contribution in [3.8, 4) is 0 Å². The largest absolute Gasteiger partial charge is 0.452 e. The van der Waals surface area contributed by atoms with Crippen LogP contribution in [0.3, 0.4) is 0 Å². The number of aliphatic hydroxyl groups excluding tert-OH is 3. The maximum atomic E-state index is 11.3. The van der Waals surface area contributed by atoms with E-state index in [1.165, 1.54) is 25.5 Å². The molecule has 0 bridgehead atoms. The number of fused-ring (bicyclic) bond motifs is 1. The van der Waals surface area contributed by atoms with Gasteiger partial charge >= 0.3 is 6.09 Å². The van der Waals surface area contributed by atoms with Crippen LogP contribution in [-0.4, -0.2) is 64.1 Å². The third kappa shape index (κ3) is 4.95. The Hall–Kier alpha value is -2.66. The van der Waals surface area contributed by atoms with Crippen LogP contribution in [0.2, 0.25) is 5.02 Å². The van der Waals surface area contributed by atoms with E-state index in [0.717, 1.165) is 22.0 Å². The lowest BCUT2D eigenvalue weighted by atomic mass is 9.98. The predicted molar refractivity (Wildman–Crippen MR) is 134 cm³/mol. The van der Waals surface area contributed by atoms with Crippen LogP contribution in [0.5, 0.6) is 0 Å². The van der Waals surface area contributed by atoms with Gasteiger partial charge in [0.25, 0.3) is 0 Å². The van der Waals surface area contributed by atoms with Crippen molar-refractivity contribution < 1.29 is 29.6 Å². The van der Waals surface area contributed by atoms with Crippen molar-refractivity contribution in [2.24, 2.45) is 0 Å². The van der Waals surface area contributed by atoms with Crippen LogP contribution in [0, 0.1) is 0 Å². The van der Waals surface area contributed by atoms with E-state index in [9.17, 15) is 20.1 Å². The third-order valence-corrected chi connectivity index (χ3v) is 7.26. The molecule has 10 heteroatoms. The predicted octanol–water partition coefficient (Wildman–Crippen LogP) is 2.60. The first-order chi connectivity index (χ1) is 17.4. The van der Waals surface area contributed by atoms with Gasteiger partial charge in [0.1, 0.15) is 24.4 Å². The van der Waals surface area contributed by atoms with Gasteiger partial charge in [0, 0.05) is 18.1 Å². The second-order valence-corrected chi connectivity index (χ2v) is 9.83. The maximum Gasteiger partial charge on any atom is 0.421 e. The number of benzene rings is 2. The first-order valence-electron chi connectivity index (χ1n) is 12.0. The maximum absolute atomic E-state index is 11.3. The van der Waals surface area contributed by atoms with Gasteiger partial charge in [-0.3, -0.25) is 5.43 Å². The van der Waals surface area contributed by atoms with E-state index in [1.807, 2.05) is 24.4 Å². The molecule has 1 aliphatic carbocycles. The Kier molecular flexibility index (Phi) is 7.21. The fourth-order valence-corrected chi connectivity index (χ4v) is 5.13. The number of aromatic nitrogens is 1. The first kappa shape index (κ1) is 25.0. The molecule has 2 aliphatic rings. The number of hydrogen-bond acceptors (Lipinski definition) is 7. The van der Waals surface area contributed by atoms with Crippen LogP contribution in [-0.2, 0) is 15.9 Å². The highest BCUT2D eigenvalue weighted by atomic mass is 35.5. The first-order valence-corrected chi connectivity index (χ1v) is 12.4. The summed E-state index contributed by atoms with van der Waals surface area (Å²) in [5, 5.41) is 33.3. The molecule has 5 unspecified atom stereocenters. The number of halogens is 1. The number of methoxy groups -OCH3 is 1. The highest BCUT2D eigenvalue weighted by Crippen LogP contribution is 2.40. The van der Waals surface area contributed by atoms with Gasteiger partial charge in [-0.1, -0.05) is 41.9 Å². The second-order valence-electron chi connectivity index (χ2n) is 9.42. The molecule has 36 heavy (non-hydrogen) atoms. The van der Waals surface area contributed by atoms with Gasteiger partial charge in [-0.2, -0.15) is 0 Å². The minimum absolute atomic E-state index is 0.0310. The summed E-state index contributed by atoms with van der Waals surface area (Å²) in [4.78, 5) is 11.3. The zero-order chi connectivity index (χ0) is 25.4. The minimum atomic E-state index is -1.47. The molecule has 1 saturated carbocycles. The number of aliphatic hydroxyl groups is 3. The van der Waals surface area contributed by atoms with Crippen molar-refractivity contribution in [1.29, 1.82) is 0 Å². The number of hydrogen-bond donors (Lipinski definition) is 5. The molecule has 2 heterocycles. The molecule has 5 atom stereocenters. The fourth-order valence-electron chi connectivity index (χ4n) is 4.84. The van der Waals surface area contributed by atoms with E-state index < -0.39 is 36.7 Å². The summed E-state index contributed by atoms with van der Waals surface area (Å²) in [7, 11) is 1.22. The normalized spacial score (nSPS) is 26.2. The summed E-state index contributed by atoms with van der Waals surface area (Å²) < 4.78 is 12.3. The highest BCUT2D eigenvalue weighted by molar-refractivity contribution is 6.35. The zero-order valence-electron chi connectivity index (χ0n) is 19.8. The molecule has 192 valence electrons. The summed E-state index contributed by atoms with van der Waals surface area (Å²) in [6.07, 6.45) is -1.88. The lowest BCUT2D eigenvalue weighted by molar-refractivity contribution is -0.242. The molecule has 1 amide bonds. The van der Waals surface area contributed by atoms with E-state index in [4.69, 9.17) is 16.3 Å². The van der Waals surface area contributed by atoms with E-state index in [2.05, 4.69) is 39.9 Å². The van der Waals surface area contributed by atoms with Gasteiger partial charge in [-0.25, -0.2) is 10.2 Å². The second kappa shape index (κ2) is 10.4. The smallest absolute Gasteiger partial charge is 0.421 e. The van der Waals surface area contributed by atoms with Crippen LogP contribution < -0.4 is 10.9 Å². The van der Waals surface area contributed by atoms with Crippen molar-refractivity contribution in [3.63, 3.8) is 0 Å². The zero-order valence-corrected chi connectivity index (χ0v) is 20.6. The average Bonchev–Trinajstić information content (AvgIpc) is 3.67. The van der Waals surface area contributed by atoms with Crippen molar-refractivity contribution in [1.82, 2.24) is 15.4 Å². The Morgan fingerprint density at radius 1 is 1.11 bits per heavy atom. The van der Waals surface area contributed by atoms with E-state index in [-0.39, 0.29) is 6.54 Å². The minimum Gasteiger partial charge on any atom is -0.452 e. The van der Waals surface area contributed by atoms with Crippen LogP contribution in [0.1, 0.15) is 41.7 Å².